The molecule has 0 aliphatic heterocycles. The number of amides is 1. The average Bonchev–Trinajstić information content (AvgIpc) is 1.97. The van der Waals surface area contributed by atoms with Gasteiger partial charge in [-0.05, 0) is 0 Å². The fourth-order valence-electron chi connectivity index (χ4n) is 0.357. The second-order valence-corrected chi connectivity index (χ2v) is 1.68. The lowest BCUT2D eigenvalue weighted by Crippen LogP contribution is -2.29. The van der Waals surface area contributed by atoms with E-state index in [4.69, 9.17) is 16.7 Å². The standard InChI is InChI=1S/C5H9N5O.HI/c6-1-2-9-4(11)3-10-5(7)8;/h2-3H2,(H,9,11)(H4,7,8,10);1H. The van der Waals surface area contributed by atoms with E-state index in [1.54, 1.807) is 6.07 Å². The van der Waals surface area contributed by atoms with E-state index in [0.29, 0.717) is 0 Å². The number of guanidine groups is 1. The Hall–Kier alpha value is -1.04. The molecule has 0 radical (unpaired) electrons. The average molecular weight is 283 g/mol. The van der Waals surface area contributed by atoms with Crippen molar-refractivity contribution in [3.8, 4) is 6.07 Å². The number of rotatable bonds is 3. The van der Waals surface area contributed by atoms with Crippen molar-refractivity contribution in [1.29, 1.82) is 5.26 Å². The number of nitriles is 1. The number of nitrogens with zero attached hydrogens (tertiary/aromatic N) is 2. The molecule has 0 saturated heterocycles. The summed E-state index contributed by atoms with van der Waals surface area (Å²) >= 11 is 0. The molecule has 12 heavy (non-hydrogen) atoms. The molecule has 0 aromatic carbocycles. The molecule has 1 amide bonds. The van der Waals surface area contributed by atoms with Gasteiger partial charge in [0.2, 0.25) is 5.91 Å². The molecule has 0 aliphatic rings. The maximum atomic E-state index is 10.6. The van der Waals surface area contributed by atoms with Crippen molar-refractivity contribution < 1.29 is 4.79 Å². The van der Waals surface area contributed by atoms with Crippen LogP contribution in [0.15, 0.2) is 4.99 Å². The highest BCUT2D eigenvalue weighted by Gasteiger charge is 1.96. The van der Waals surface area contributed by atoms with Crippen molar-refractivity contribution in [1.82, 2.24) is 5.32 Å². The third-order valence-electron chi connectivity index (χ3n) is 0.770. The Morgan fingerprint density at radius 1 is 1.58 bits per heavy atom. The summed E-state index contributed by atoms with van der Waals surface area (Å²) in [6.45, 7) is -0.164. The van der Waals surface area contributed by atoms with Gasteiger partial charge in [-0.3, -0.25) is 4.79 Å². The predicted octanol–water partition coefficient (Wildman–Crippen LogP) is -1.48. The second-order valence-electron chi connectivity index (χ2n) is 1.68. The number of carbonyl (C=O) groups is 1. The van der Waals surface area contributed by atoms with Crippen molar-refractivity contribution >= 4 is 35.8 Å². The van der Waals surface area contributed by atoms with Gasteiger partial charge in [0.15, 0.2) is 5.96 Å². The van der Waals surface area contributed by atoms with Crippen LogP contribution in [-0.2, 0) is 4.79 Å². The van der Waals surface area contributed by atoms with E-state index in [-0.39, 0.29) is 48.9 Å². The van der Waals surface area contributed by atoms with Crippen molar-refractivity contribution in [2.24, 2.45) is 16.5 Å². The Kier molecular flexibility index (Phi) is 9.10. The van der Waals surface area contributed by atoms with Gasteiger partial charge in [-0.15, -0.1) is 24.0 Å². The summed E-state index contributed by atoms with van der Waals surface area (Å²) in [5.74, 6) is -0.517. The fourth-order valence-corrected chi connectivity index (χ4v) is 0.357. The smallest absolute Gasteiger partial charge is 0.242 e. The Morgan fingerprint density at radius 2 is 2.17 bits per heavy atom. The molecule has 7 heteroatoms. The quantitative estimate of drug-likeness (QED) is 0.253. The van der Waals surface area contributed by atoms with Crippen LogP contribution in [0.5, 0.6) is 0 Å². The van der Waals surface area contributed by atoms with Crippen LogP contribution in [0.25, 0.3) is 0 Å². The molecule has 0 saturated carbocycles. The summed E-state index contributed by atoms with van der Waals surface area (Å²) in [4.78, 5) is 14.1. The van der Waals surface area contributed by atoms with Crippen LogP contribution < -0.4 is 16.8 Å². The summed E-state index contributed by atoms with van der Waals surface area (Å²) in [6, 6.07) is 1.74. The van der Waals surface area contributed by atoms with E-state index < -0.39 is 0 Å². The molecule has 5 N–H and O–H groups in total. The predicted molar refractivity (Wildman–Crippen MR) is 54.7 cm³/mol. The molecule has 0 spiro atoms. The molecule has 6 nitrogen and oxygen atoms in total. The van der Waals surface area contributed by atoms with Crippen LogP contribution in [-0.4, -0.2) is 25.0 Å². The number of halogens is 1. The Balaban J connectivity index is 0. The van der Waals surface area contributed by atoms with E-state index >= 15 is 0 Å². The number of carbonyl (C=O) groups excluding carboxylic acids is 1. The summed E-state index contributed by atoms with van der Waals surface area (Å²) in [5.41, 5.74) is 9.90. The molecule has 0 rings (SSSR count). The highest BCUT2D eigenvalue weighted by molar-refractivity contribution is 14.0. The normalized spacial score (nSPS) is 7.25. The lowest BCUT2D eigenvalue weighted by Gasteiger charge is -1.95. The van der Waals surface area contributed by atoms with Gasteiger partial charge >= 0.3 is 0 Å². The van der Waals surface area contributed by atoms with E-state index in [1.165, 1.54) is 0 Å². The van der Waals surface area contributed by atoms with Gasteiger partial charge < -0.3 is 16.8 Å². The molecule has 0 aromatic rings. The van der Waals surface area contributed by atoms with Crippen molar-refractivity contribution in [2.45, 2.75) is 0 Å². The minimum absolute atomic E-state index is 0. The second kappa shape index (κ2) is 8.06. The Morgan fingerprint density at radius 3 is 2.58 bits per heavy atom. The first-order valence-electron chi connectivity index (χ1n) is 2.86. The largest absolute Gasteiger partial charge is 0.370 e. The van der Waals surface area contributed by atoms with Crippen LogP contribution in [0.2, 0.25) is 0 Å². The minimum atomic E-state index is -0.375. The van der Waals surface area contributed by atoms with Gasteiger partial charge in [0.25, 0.3) is 0 Å². The van der Waals surface area contributed by atoms with Crippen LogP contribution in [0, 0.1) is 11.3 Å². The van der Waals surface area contributed by atoms with Crippen LogP contribution in [0.3, 0.4) is 0 Å². The van der Waals surface area contributed by atoms with Gasteiger partial charge in [-0.1, -0.05) is 0 Å². The number of nitrogens with two attached hydrogens (primary N) is 2. The minimum Gasteiger partial charge on any atom is -0.370 e. The molecule has 0 fully saturated rings. The summed E-state index contributed by atoms with van der Waals surface area (Å²) in [7, 11) is 0. The zero-order chi connectivity index (χ0) is 8.69. The Labute approximate surface area is 87.0 Å². The first-order chi connectivity index (χ1) is 5.16. The zero-order valence-electron chi connectivity index (χ0n) is 6.28. The Bertz CT molecular complexity index is 204. The molecular formula is C5H10IN5O. The third-order valence-corrected chi connectivity index (χ3v) is 0.770. The number of hydrogen-bond donors (Lipinski definition) is 3. The number of aliphatic imine (C=N–C) groups is 1. The van der Waals surface area contributed by atoms with Gasteiger partial charge in [-0.25, -0.2) is 4.99 Å². The van der Waals surface area contributed by atoms with Crippen LogP contribution in [0.1, 0.15) is 0 Å². The number of hydrogen-bond acceptors (Lipinski definition) is 3. The SMILES string of the molecule is I.N#CCNC(=O)CN=C(N)N. The van der Waals surface area contributed by atoms with Crippen LogP contribution in [0.4, 0.5) is 0 Å². The molecule has 0 bridgehead atoms. The fraction of sp³-hybridized carbons (Fsp3) is 0.400. The van der Waals surface area contributed by atoms with Crippen molar-refractivity contribution in [3.05, 3.63) is 0 Å². The summed E-state index contributed by atoms with van der Waals surface area (Å²) in [5, 5.41) is 10.3. The molecular weight excluding hydrogens is 273 g/mol. The van der Waals surface area contributed by atoms with Gasteiger partial charge in [0, 0.05) is 0 Å². The first kappa shape index (κ1) is 13.5. The topological polar surface area (TPSA) is 117 Å². The highest BCUT2D eigenvalue weighted by Crippen LogP contribution is 1.68. The molecule has 68 valence electrons. The van der Waals surface area contributed by atoms with Gasteiger partial charge in [-0.2, -0.15) is 5.26 Å². The van der Waals surface area contributed by atoms with E-state index in [2.05, 4.69) is 10.3 Å². The van der Waals surface area contributed by atoms with Crippen molar-refractivity contribution in [3.63, 3.8) is 0 Å². The van der Waals surface area contributed by atoms with E-state index in [0.717, 1.165) is 0 Å². The molecule has 0 aromatic heterocycles. The third kappa shape index (κ3) is 8.96. The van der Waals surface area contributed by atoms with Gasteiger partial charge in [0.05, 0.1) is 6.07 Å². The van der Waals surface area contributed by atoms with E-state index in [1.807, 2.05) is 0 Å². The van der Waals surface area contributed by atoms with Crippen LogP contribution >= 0.6 is 24.0 Å². The molecule has 0 heterocycles. The lowest BCUT2D eigenvalue weighted by atomic mass is 10.5. The summed E-state index contributed by atoms with van der Waals surface area (Å²) < 4.78 is 0. The molecule has 0 atom stereocenters. The van der Waals surface area contributed by atoms with E-state index in [9.17, 15) is 4.79 Å². The monoisotopic (exact) mass is 283 g/mol. The molecule has 0 aliphatic carbocycles. The zero-order valence-corrected chi connectivity index (χ0v) is 8.61. The molecule has 0 unspecified atom stereocenters. The maximum absolute atomic E-state index is 10.6. The van der Waals surface area contributed by atoms with Gasteiger partial charge in [0.1, 0.15) is 13.1 Å². The summed E-state index contributed by atoms with van der Waals surface area (Å²) in [6.07, 6.45) is 0. The van der Waals surface area contributed by atoms with Crippen molar-refractivity contribution in [2.75, 3.05) is 13.1 Å². The first-order valence-corrected chi connectivity index (χ1v) is 2.86. The maximum Gasteiger partial charge on any atom is 0.242 e. The highest BCUT2D eigenvalue weighted by atomic mass is 127. The number of nitrogens with one attached hydrogen (secondary N) is 1. The lowest BCUT2D eigenvalue weighted by molar-refractivity contribution is -0.119.